The van der Waals surface area contributed by atoms with Crippen LogP contribution in [-0.4, -0.2) is 147 Å². The Hall–Kier alpha value is -5.30. The van der Waals surface area contributed by atoms with Crippen molar-refractivity contribution in [2.45, 2.75) is 71.5 Å². The van der Waals surface area contributed by atoms with E-state index < -0.39 is 47.6 Å². The van der Waals surface area contributed by atoms with Gasteiger partial charge in [0.25, 0.3) is 11.8 Å². The number of carbonyl (C=O) groups excluding carboxylic acids is 4. The van der Waals surface area contributed by atoms with Crippen molar-refractivity contribution < 1.29 is 38.5 Å². The van der Waals surface area contributed by atoms with Crippen LogP contribution in [0.1, 0.15) is 50.8 Å². The molecule has 3 aromatic rings. The van der Waals surface area contributed by atoms with E-state index in [9.17, 15) is 24.3 Å². The molecule has 0 spiro atoms. The van der Waals surface area contributed by atoms with E-state index >= 15 is 0 Å². The average molecular weight is 902 g/mol. The molecule has 0 aliphatic carbocycles. The molecule has 2 fully saturated rings. The van der Waals surface area contributed by atoms with Gasteiger partial charge in [-0.2, -0.15) is 0 Å². The molecule has 3 atom stereocenters. The van der Waals surface area contributed by atoms with Crippen molar-refractivity contribution in [2.75, 3.05) is 85.3 Å². The summed E-state index contributed by atoms with van der Waals surface area (Å²) in [5.41, 5.74) is 3.71. The highest BCUT2D eigenvalue weighted by atomic mass is 16.5. The summed E-state index contributed by atoms with van der Waals surface area (Å²) in [6.45, 7) is 15.4. The van der Waals surface area contributed by atoms with Gasteiger partial charge in [0.1, 0.15) is 18.4 Å². The summed E-state index contributed by atoms with van der Waals surface area (Å²) >= 11 is 0. The number of urea groups is 2. The molecule has 2 saturated heterocycles. The molecular weight excluding hydrogens is 831 g/mol. The van der Waals surface area contributed by atoms with E-state index in [1.807, 2.05) is 98.8 Å². The van der Waals surface area contributed by atoms with Gasteiger partial charge in [0.2, 0.25) is 5.72 Å². The van der Waals surface area contributed by atoms with Gasteiger partial charge in [-0.1, -0.05) is 100 Å². The molecule has 0 bridgehead atoms. The van der Waals surface area contributed by atoms with Crippen molar-refractivity contribution in [3.05, 3.63) is 102 Å². The lowest BCUT2D eigenvalue weighted by atomic mass is 9.97. The Morgan fingerprint density at radius 2 is 1.28 bits per heavy atom. The summed E-state index contributed by atoms with van der Waals surface area (Å²) in [6, 6.07) is 24.6. The number of nitrogens with one attached hydrogen (secondary N) is 6. The second-order valence-electron chi connectivity index (χ2n) is 17.3. The van der Waals surface area contributed by atoms with Gasteiger partial charge >= 0.3 is 12.1 Å². The molecule has 0 saturated carbocycles. The van der Waals surface area contributed by atoms with Crippen LogP contribution >= 0.6 is 0 Å². The van der Waals surface area contributed by atoms with Gasteiger partial charge in [-0.15, -0.1) is 0 Å². The van der Waals surface area contributed by atoms with Gasteiger partial charge < -0.3 is 45.9 Å². The fourth-order valence-corrected chi connectivity index (χ4v) is 7.50. The fraction of sp³-hybridized carbons (Fsp3) is 0.542. The fourth-order valence-electron chi connectivity index (χ4n) is 7.50. The van der Waals surface area contributed by atoms with E-state index in [0.29, 0.717) is 77.8 Å². The van der Waals surface area contributed by atoms with E-state index in [4.69, 9.17) is 14.2 Å². The van der Waals surface area contributed by atoms with Gasteiger partial charge in [-0.05, 0) is 47.6 Å². The summed E-state index contributed by atoms with van der Waals surface area (Å²) in [5.74, 6) is -1.53. The van der Waals surface area contributed by atoms with E-state index in [1.165, 1.54) is 0 Å². The Morgan fingerprint density at radius 3 is 1.83 bits per heavy atom. The number of aryl methyl sites for hydroxylation is 1. The zero-order valence-electron chi connectivity index (χ0n) is 38.6. The number of aliphatic hydroxyl groups is 1. The van der Waals surface area contributed by atoms with Crippen molar-refractivity contribution in [3.63, 3.8) is 0 Å². The number of morpholine rings is 2. The van der Waals surface area contributed by atoms with Crippen LogP contribution in [0.25, 0.3) is 0 Å². The molecule has 7 N–H and O–H groups in total. The second-order valence-corrected chi connectivity index (χ2v) is 17.3. The van der Waals surface area contributed by atoms with E-state index in [-0.39, 0.29) is 19.0 Å². The first kappa shape index (κ1) is 50.7. The molecule has 0 radical (unpaired) electrons. The van der Waals surface area contributed by atoms with Gasteiger partial charge in [-0.25, -0.2) is 14.6 Å². The first-order valence-electron chi connectivity index (χ1n) is 23.0. The summed E-state index contributed by atoms with van der Waals surface area (Å²) < 4.78 is 16.9. The van der Waals surface area contributed by atoms with Crippen molar-refractivity contribution in [2.24, 2.45) is 11.8 Å². The maximum absolute atomic E-state index is 14.2. The number of rotatable bonds is 24. The molecule has 0 aromatic heterocycles. The number of hydrazine groups is 1. The van der Waals surface area contributed by atoms with Gasteiger partial charge in [0, 0.05) is 77.4 Å². The molecule has 2 heterocycles. The molecule has 6 amide bonds. The topological polar surface area (TPSA) is 198 Å². The zero-order chi connectivity index (χ0) is 46.4. The lowest BCUT2D eigenvalue weighted by Gasteiger charge is -2.35. The van der Waals surface area contributed by atoms with Gasteiger partial charge in [0.15, 0.2) is 0 Å². The Bertz CT molecular complexity index is 1880. The third-order valence-corrected chi connectivity index (χ3v) is 11.6. The Balaban J connectivity index is 1.32. The normalized spacial score (nSPS) is 16.6. The van der Waals surface area contributed by atoms with E-state index in [1.54, 1.807) is 18.9 Å². The number of hydrogen-bond acceptors (Lipinski definition) is 11. The predicted molar refractivity (Wildman–Crippen MR) is 248 cm³/mol. The number of benzene rings is 3. The summed E-state index contributed by atoms with van der Waals surface area (Å²) in [5, 5.41) is 27.7. The monoisotopic (exact) mass is 902 g/mol. The molecule has 0 unspecified atom stereocenters. The third-order valence-electron chi connectivity index (χ3n) is 11.6. The number of nitrogens with zero attached hydrogens (tertiary/aromatic N) is 3. The van der Waals surface area contributed by atoms with Crippen LogP contribution in [-0.2, 0) is 38.6 Å². The summed E-state index contributed by atoms with van der Waals surface area (Å²) in [7, 11) is 0. The molecule has 17 heteroatoms. The maximum Gasteiger partial charge on any atom is 0.317 e. The number of amides is 6. The largest absolute Gasteiger partial charge is 0.489 e. The molecule has 65 heavy (non-hydrogen) atoms. The highest BCUT2D eigenvalue weighted by molar-refractivity contribution is 5.90. The van der Waals surface area contributed by atoms with E-state index in [0.717, 1.165) is 42.9 Å². The van der Waals surface area contributed by atoms with Crippen molar-refractivity contribution in [1.82, 2.24) is 46.8 Å². The van der Waals surface area contributed by atoms with Crippen molar-refractivity contribution >= 4 is 23.9 Å². The smallest absolute Gasteiger partial charge is 0.317 e. The Labute approximate surface area is 384 Å². The third kappa shape index (κ3) is 17.5. The average Bonchev–Trinajstić information content (AvgIpc) is 3.30. The van der Waals surface area contributed by atoms with Crippen LogP contribution in [0.3, 0.4) is 0 Å². The molecule has 3 aromatic carbocycles. The van der Waals surface area contributed by atoms with Crippen LogP contribution in [0.2, 0.25) is 0 Å². The Morgan fingerprint density at radius 1 is 0.723 bits per heavy atom. The lowest BCUT2D eigenvalue weighted by molar-refractivity contribution is -0.148. The quantitative estimate of drug-likeness (QED) is 0.0516. The minimum Gasteiger partial charge on any atom is -0.489 e. The molecule has 5 rings (SSSR count). The molecule has 356 valence electrons. The highest BCUT2D eigenvalue weighted by Gasteiger charge is 2.42. The summed E-state index contributed by atoms with van der Waals surface area (Å²) in [6.07, 6.45) is 0.989. The van der Waals surface area contributed by atoms with Gasteiger partial charge in [0.05, 0.1) is 26.4 Å². The van der Waals surface area contributed by atoms with Crippen LogP contribution in [0.4, 0.5) is 9.59 Å². The van der Waals surface area contributed by atoms with Crippen LogP contribution in [0, 0.1) is 11.8 Å². The maximum atomic E-state index is 14.2. The number of carbonyl (C=O) groups is 4. The van der Waals surface area contributed by atoms with Crippen molar-refractivity contribution in [1.29, 1.82) is 0 Å². The predicted octanol–water partition coefficient (Wildman–Crippen LogP) is 2.85. The summed E-state index contributed by atoms with van der Waals surface area (Å²) in [4.78, 5) is 59.2. The number of ether oxygens (including phenoxy) is 3. The van der Waals surface area contributed by atoms with Crippen LogP contribution in [0.15, 0.2) is 84.9 Å². The Kier molecular flexibility index (Phi) is 20.8. The molecular formula is C48H71N9O8. The molecule has 17 nitrogen and oxygen atoms in total. The van der Waals surface area contributed by atoms with Crippen LogP contribution < -0.4 is 36.7 Å². The molecule has 2 aliphatic heterocycles. The van der Waals surface area contributed by atoms with E-state index in [2.05, 4.69) is 41.8 Å². The number of hydrogen-bond donors (Lipinski definition) is 7. The zero-order valence-corrected chi connectivity index (χ0v) is 38.6. The minimum absolute atomic E-state index is 0.104. The minimum atomic E-state index is -2.26. The first-order valence-corrected chi connectivity index (χ1v) is 23.0. The first-order chi connectivity index (χ1) is 31.4. The lowest BCUT2D eigenvalue weighted by Crippen LogP contribution is -2.66. The van der Waals surface area contributed by atoms with Crippen molar-refractivity contribution in [3.8, 4) is 5.75 Å². The second kappa shape index (κ2) is 26.6. The van der Waals surface area contributed by atoms with Crippen LogP contribution in [0.5, 0.6) is 5.75 Å². The molecule has 2 aliphatic rings. The highest BCUT2D eigenvalue weighted by Crippen LogP contribution is 2.19. The van der Waals surface area contributed by atoms with Gasteiger partial charge in [-0.3, -0.25) is 24.8 Å². The SMILES string of the molecule is CC(C)[C@H](NC(=O)NCCN1CCOCC1)C(=O)NN(Cc1ccc(OCc2ccccc2)cc1)C[C@H](CCc1ccccc1)NC(=O)[C@@](O)(NC(=O)NCCN1CCOCC1)C(C)C. The standard InChI is InChI=1S/C48H71N9O8/c1-36(2)43(52-46(60)49-21-23-55-25-29-63-30-26-55)44(58)54-57(33-39-16-19-42(20-17-39)65-35-40-13-9-6-10-14-40)34-41(18-15-38-11-7-5-8-12-38)51-45(59)48(62,37(3)4)53-47(61)50-22-24-56-27-31-64-32-28-56/h5-14,16-17,19-20,36-37,41,43,62H,15,18,21-35H2,1-4H3,(H,51,59)(H,54,58)(H2,49,52,60)(H2,50,53,61)/t41-,43-,48+/m0/s1.